The van der Waals surface area contributed by atoms with Crippen LogP contribution in [0.1, 0.15) is 30.5 Å². The summed E-state index contributed by atoms with van der Waals surface area (Å²) < 4.78 is 0. The van der Waals surface area contributed by atoms with Gasteiger partial charge in [-0.05, 0) is 31.0 Å². The molecular weight excluding hydrogens is 322 g/mol. The fraction of sp³-hybridized carbons (Fsp3) is 0.267. The fourth-order valence-electron chi connectivity index (χ4n) is 1.73. The van der Waals surface area contributed by atoms with Crippen molar-refractivity contribution >= 4 is 33.2 Å². The van der Waals surface area contributed by atoms with E-state index in [0.717, 1.165) is 4.88 Å². The van der Waals surface area contributed by atoms with Crippen LogP contribution in [0.4, 0.5) is 0 Å². The van der Waals surface area contributed by atoms with Crippen LogP contribution < -0.4 is 5.32 Å². The first-order chi connectivity index (χ1) is 9.08. The number of hydrogen-bond donors (Lipinski definition) is 1. The molecule has 4 heteroatoms. The van der Waals surface area contributed by atoms with Crippen LogP contribution in [0.25, 0.3) is 0 Å². The van der Waals surface area contributed by atoms with E-state index >= 15 is 0 Å². The summed E-state index contributed by atoms with van der Waals surface area (Å²) in [4.78, 5) is 14.1. The van der Waals surface area contributed by atoms with Crippen molar-refractivity contribution in [2.45, 2.75) is 18.7 Å². The molecule has 0 bridgehead atoms. The average Bonchev–Trinajstić information content (AvgIpc) is 2.77. The summed E-state index contributed by atoms with van der Waals surface area (Å²) in [5, 5.41) is 2.96. The molecule has 2 nitrogen and oxygen atoms in total. The van der Waals surface area contributed by atoms with Crippen LogP contribution in [0.2, 0.25) is 0 Å². The smallest absolute Gasteiger partial charge is 0.261 e. The summed E-state index contributed by atoms with van der Waals surface area (Å²) >= 11 is 5.14. The van der Waals surface area contributed by atoms with E-state index in [1.165, 1.54) is 16.0 Å². The monoisotopic (exact) mass is 337 g/mol. The second kappa shape index (κ2) is 6.35. The molecule has 1 aromatic heterocycles. The lowest BCUT2D eigenvalue weighted by molar-refractivity contribution is 0.0958. The highest BCUT2D eigenvalue weighted by Gasteiger charge is 2.13. The summed E-state index contributed by atoms with van der Waals surface area (Å²) in [5.74, 6) is 0.00146. The molecule has 0 aliphatic carbocycles. The van der Waals surface area contributed by atoms with Gasteiger partial charge >= 0.3 is 0 Å². The van der Waals surface area contributed by atoms with E-state index in [-0.39, 0.29) is 10.7 Å². The minimum Gasteiger partial charge on any atom is -0.350 e. The van der Waals surface area contributed by atoms with E-state index in [1.807, 2.05) is 50.2 Å². The number of benzene rings is 1. The molecule has 0 fully saturated rings. The first kappa shape index (κ1) is 14.3. The van der Waals surface area contributed by atoms with E-state index in [4.69, 9.17) is 0 Å². The first-order valence-corrected chi connectivity index (χ1v) is 7.85. The Kier molecular flexibility index (Phi) is 4.77. The van der Waals surface area contributed by atoms with Gasteiger partial charge in [0.25, 0.3) is 5.91 Å². The highest BCUT2D eigenvalue weighted by Crippen LogP contribution is 2.23. The summed E-state index contributed by atoms with van der Waals surface area (Å²) in [5.41, 5.74) is 2.34. The van der Waals surface area contributed by atoms with E-state index in [2.05, 4.69) is 21.2 Å². The molecule has 2 aromatic rings. The maximum Gasteiger partial charge on any atom is 0.261 e. The molecule has 1 heterocycles. The van der Waals surface area contributed by atoms with E-state index in [9.17, 15) is 4.79 Å². The van der Waals surface area contributed by atoms with Crippen molar-refractivity contribution in [3.05, 3.63) is 57.3 Å². The molecule has 0 aliphatic heterocycles. The molecule has 19 heavy (non-hydrogen) atoms. The van der Waals surface area contributed by atoms with Gasteiger partial charge in [0.1, 0.15) is 0 Å². The van der Waals surface area contributed by atoms with Gasteiger partial charge in [0.05, 0.1) is 9.70 Å². The largest absolute Gasteiger partial charge is 0.350 e. The molecule has 1 unspecified atom stereocenters. The molecule has 1 atom stereocenters. The number of nitrogens with one attached hydrogen (secondary N) is 1. The number of carbonyl (C=O) groups excluding carboxylic acids is 1. The number of hydrogen-bond acceptors (Lipinski definition) is 2. The molecular formula is C15H16BrNOS. The fourth-order valence-corrected chi connectivity index (χ4v) is 3.15. The Labute approximate surface area is 126 Å². The third-order valence-corrected chi connectivity index (χ3v) is 5.00. The summed E-state index contributed by atoms with van der Waals surface area (Å²) in [6.45, 7) is 4.65. The molecule has 0 saturated carbocycles. The Morgan fingerprint density at radius 2 is 2.00 bits per heavy atom. The van der Waals surface area contributed by atoms with Crippen molar-refractivity contribution in [3.63, 3.8) is 0 Å². The number of carbonyl (C=O) groups is 1. The van der Waals surface area contributed by atoms with Crippen LogP contribution in [0.3, 0.4) is 0 Å². The van der Waals surface area contributed by atoms with E-state index < -0.39 is 0 Å². The first-order valence-electron chi connectivity index (χ1n) is 6.12. The van der Waals surface area contributed by atoms with E-state index in [1.54, 1.807) is 11.3 Å². The molecule has 100 valence electrons. The molecule has 0 spiro atoms. The standard InChI is InChI=1S/C15H16BrNOS/c1-10-8-14(19-11(10)2)15(18)17-9-13(16)12-6-4-3-5-7-12/h3-8,13H,9H2,1-2H3,(H,17,18). The summed E-state index contributed by atoms with van der Waals surface area (Å²) in [7, 11) is 0. The molecule has 0 aliphatic rings. The zero-order valence-corrected chi connectivity index (χ0v) is 13.3. The van der Waals surface area contributed by atoms with Gasteiger partial charge < -0.3 is 5.32 Å². The highest BCUT2D eigenvalue weighted by molar-refractivity contribution is 9.09. The van der Waals surface area contributed by atoms with Gasteiger partial charge in [0.2, 0.25) is 0 Å². The number of thiophene rings is 1. The van der Waals surface area contributed by atoms with Crippen LogP contribution in [0, 0.1) is 13.8 Å². The normalized spacial score (nSPS) is 12.2. The van der Waals surface area contributed by atoms with Crippen molar-refractivity contribution in [2.75, 3.05) is 6.54 Å². The van der Waals surface area contributed by atoms with E-state index in [0.29, 0.717) is 6.54 Å². The average molecular weight is 338 g/mol. The zero-order chi connectivity index (χ0) is 13.8. The van der Waals surface area contributed by atoms with Crippen molar-refractivity contribution in [3.8, 4) is 0 Å². The van der Waals surface area contributed by atoms with Crippen LogP contribution in [0.15, 0.2) is 36.4 Å². The number of alkyl halides is 1. The topological polar surface area (TPSA) is 29.1 Å². The van der Waals surface area contributed by atoms with Crippen LogP contribution >= 0.6 is 27.3 Å². The van der Waals surface area contributed by atoms with Gasteiger partial charge in [-0.3, -0.25) is 4.79 Å². The quantitative estimate of drug-likeness (QED) is 0.831. The number of rotatable bonds is 4. The second-order valence-corrected chi connectivity index (χ2v) is 6.80. The summed E-state index contributed by atoms with van der Waals surface area (Å²) in [6.07, 6.45) is 0. The maximum absolute atomic E-state index is 12.0. The minimum absolute atomic E-state index is 0.00146. The SMILES string of the molecule is Cc1cc(C(=O)NCC(Br)c2ccccc2)sc1C. The van der Waals surface area contributed by atoms with Gasteiger partial charge in [-0.15, -0.1) is 11.3 Å². The Morgan fingerprint density at radius 1 is 1.32 bits per heavy atom. The predicted octanol–water partition coefficient (Wildman–Crippen LogP) is 4.23. The van der Waals surface area contributed by atoms with Crippen molar-refractivity contribution in [2.24, 2.45) is 0 Å². The Morgan fingerprint density at radius 3 is 2.58 bits per heavy atom. The summed E-state index contributed by atoms with van der Waals surface area (Å²) in [6, 6.07) is 12.0. The van der Waals surface area contributed by atoms with Gasteiger partial charge in [-0.25, -0.2) is 0 Å². The molecule has 1 aromatic carbocycles. The zero-order valence-electron chi connectivity index (χ0n) is 10.9. The van der Waals surface area contributed by atoms with Crippen molar-refractivity contribution in [1.29, 1.82) is 0 Å². The second-order valence-electron chi connectivity index (χ2n) is 4.44. The predicted molar refractivity (Wildman–Crippen MR) is 84.2 cm³/mol. The Balaban J connectivity index is 1.94. The van der Waals surface area contributed by atoms with Gasteiger partial charge in [-0.2, -0.15) is 0 Å². The highest BCUT2D eigenvalue weighted by atomic mass is 79.9. The Hall–Kier alpha value is -1.13. The lowest BCUT2D eigenvalue weighted by atomic mass is 10.1. The third-order valence-electron chi connectivity index (χ3n) is 2.99. The Bertz CT molecular complexity index is 545. The van der Waals surface area contributed by atoms with Crippen LogP contribution in [0.5, 0.6) is 0 Å². The number of aryl methyl sites for hydroxylation is 2. The molecule has 1 N–H and O–H groups in total. The van der Waals surface area contributed by atoms with Crippen molar-refractivity contribution < 1.29 is 4.79 Å². The minimum atomic E-state index is 0.00146. The molecule has 2 rings (SSSR count). The van der Waals surface area contributed by atoms with Gasteiger partial charge in [0.15, 0.2) is 0 Å². The molecule has 0 saturated heterocycles. The molecule has 1 amide bonds. The maximum atomic E-state index is 12.0. The van der Waals surface area contributed by atoms with Gasteiger partial charge in [-0.1, -0.05) is 46.3 Å². The van der Waals surface area contributed by atoms with Gasteiger partial charge in [0, 0.05) is 11.4 Å². The molecule has 0 radical (unpaired) electrons. The lowest BCUT2D eigenvalue weighted by Crippen LogP contribution is -2.25. The number of halogens is 1. The van der Waals surface area contributed by atoms with Crippen LogP contribution in [-0.4, -0.2) is 12.5 Å². The lowest BCUT2D eigenvalue weighted by Gasteiger charge is -2.10. The third kappa shape index (κ3) is 3.67. The van der Waals surface area contributed by atoms with Crippen LogP contribution in [-0.2, 0) is 0 Å². The van der Waals surface area contributed by atoms with Crippen molar-refractivity contribution in [1.82, 2.24) is 5.32 Å². The number of amides is 1.